The average molecular weight is 747 g/mol. The summed E-state index contributed by atoms with van der Waals surface area (Å²) in [6.07, 6.45) is 0. The molecule has 4 aromatic heterocycles. The van der Waals surface area contributed by atoms with Crippen molar-refractivity contribution in [2.24, 2.45) is 0 Å². The molecule has 0 amide bonds. The molecule has 57 heavy (non-hydrogen) atoms. The van der Waals surface area contributed by atoms with Gasteiger partial charge in [-0.25, -0.2) is 15.0 Å². The van der Waals surface area contributed by atoms with Gasteiger partial charge in [0.05, 0.1) is 21.4 Å². The number of hydrogen-bond acceptors (Lipinski definition) is 5. The van der Waals surface area contributed by atoms with Gasteiger partial charge in [0.15, 0.2) is 17.5 Å². The van der Waals surface area contributed by atoms with Crippen LogP contribution >= 0.6 is 11.3 Å². The maximum atomic E-state index is 6.56. The van der Waals surface area contributed by atoms with Crippen molar-refractivity contribution in [3.05, 3.63) is 182 Å². The molecular formula is C51H30N4OS. The van der Waals surface area contributed by atoms with E-state index >= 15 is 0 Å². The maximum absolute atomic E-state index is 6.56. The lowest BCUT2D eigenvalue weighted by Gasteiger charge is -2.09. The van der Waals surface area contributed by atoms with Crippen molar-refractivity contribution in [3.63, 3.8) is 0 Å². The Bertz CT molecular complexity index is 3420. The highest BCUT2D eigenvalue weighted by molar-refractivity contribution is 7.26. The molecule has 4 heterocycles. The van der Waals surface area contributed by atoms with E-state index in [-0.39, 0.29) is 0 Å². The second kappa shape index (κ2) is 12.6. The molecule has 12 rings (SSSR count). The van der Waals surface area contributed by atoms with Gasteiger partial charge < -0.3 is 8.98 Å². The zero-order chi connectivity index (χ0) is 37.5. The molecule has 0 radical (unpaired) electrons. The van der Waals surface area contributed by atoms with Crippen LogP contribution in [0.25, 0.3) is 115 Å². The molecule has 12 aromatic rings. The van der Waals surface area contributed by atoms with E-state index in [1.165, 1.54) is 53.2 Å². The Morgan fingerprint density at radius 3 is 1.61 bits per heavy atom. The Morgan fingerprint density at radius 1 is 0.368 bits per heavy atom. The van der Waals surface area contributed by atoms with Crippen LogP contribution in [0, 0.1) is 0 Å². The Morgan fingerprint density at radius 2 is 0.930 bits per heavy atom. The van der Waals surface area contributed by atoms with E-state index in [9.17, 15) is 0 Å². The van der Waals surface area contributed by atoms with Crippen LogP contribution in [0.15, 0.2) is 186 Å². The zero-order valence-corrected chi connectivity index (χ0v) is 31.2. The van der Waals surface area contributed by atoms with Crippen molar-refractivity contribution in [1.29, 1.82) is 0 Å². The molecule has 266 valence electrons. The second-order valence-electron chi connectivity index (χ2n) is 14.4. The third-order valence-electron chi connectivity index (χ3n) is 11.1. The summed E-state index contributed by atoms with van der Waals surface area (Å²) in [5.74, 6) is 1.89. The number of nitrogens with zero attached hydrogens (tertiary/aromatic N) is 4. The van der Waals surface area contributed by atoms with Crippen LogP contribution in [0.5, 0.6) is 0 Å². The fourth-order valence-electron chi connectivity index (χ4n) is 8.41. The van der Waals surface area contributed by atoms with Crippen molar-refractivity contribution >= 4 is 75.3 Å². The van der Waals surface area contributed by atoms with Crippen LogP contribution in [0.4, 0.5) is 0 Å². The van der Waals surface area contributed by atoms with Crippen LogP contribution in [0.2, 0.25) is 0 Å². The minimum Gasteiger partial charge on any atom is -0.456 e. The number of furan rings is 1. The summed E-state index contributed by atoms with van der Waals surface area (Å²) in [5.41, 5.74) is 10.4. The van der Waals surface area contributed by atoms with Gasteiger partial charge in [-0.3, -0.25) is 0 Å². The number of thiophene rings is 1. The molecule has 0 aliphatic heterocycles. The summed E-state index contributed by atoms with van der Waals surface area (Å²) in [6.45, 7) is 0. The number of rotatable bonds is 5. The molecular weight excluding hydrogens is 717 g/mol. The van der Waals surface area contributed by atoms with Crippen LogP contribution in [0.1, 0.15) is 0 Å². The third kappa shape index (κ3) is 5.04. The van der Waals surface area contributed by atoms with E-state index in [2.05, 4.69) is 114 Å². The summed E-state index contributed by atoms with van der Waals surface area (Å²) >= 11 is 1.86. The number of aromatic nitrogens is 4. The zero-order valence-electron chi connectivity index (χ0n) is 30.4. The molecule has 0 bridgehead atoms. The first-order valence-electron chi connectivity index (χ1n) is 19.0. The van der Waals surface area contributed by atoms with E-state index in [4.69, 9.17) is 19.4 Å². The first-order valence-corrected chi connectivity index (χ1v) is 19.8. The van der Waals surface area contributed by atoms with Gasteiger partial charge in [0.25, 0.3) is 0 Å². The monoisotopic (exact) mass is 746 g/mol. The summed E-state index contributed by atoms with van der Waals surface area (Å²) in [5, 5.41) is 7.12. The van der Waals surface area contributed by atoms with Crippen LogP contribution in [-0.4, -0.2) is 19.5 Å². The highest BCUT2D eigenvalue weighted by atomic mass is 32.1. The van der Waals surface area contributed by atoms with Crippen molar-refractivity contribution in [2.45, 2.75) is 0 Å². The molecule has 0 unspecified atom stereocenters. The van der Waals surface area contributed by atoms with Crippen molar-refractivity contribution in [1.82, 2.24) is 19.5 Å². The lowest BCUT2D eigenvalue weighted by Crippen LogP contribution is -2.00. The Kier molecular flexibility index (Phi) is 7.03. The van der Waals surface area contributed by atoms with Gasteiger partial charge in [-0.1, -0.05) is 133 Å². The Hall–Kier alpha value is -7.41. The van der Waals surface area contributed by atoms with Gasteiger partial charge >= 0.3 is 0 Å². The first kappa shape index (κ1) is 31.9. The van der Waals surface area contributed by atoms with Gasteiger partial charge in [-0.2, -0.15) is 0 Å². The average Bonchev–Trinajstić information content (AvgIpc) is 3.96. The SMILES string of the molecule is c1ccc(-c2nc(-c3ccccc3)nc(-c3ccc4oc5cc(-c6cccc7c6sc6c(-n8c9ccccc9c9ccccc98)cccc67)ccc5c4c3)n2)cc1. The van der Waals surface area contributed by atoms with Crippen LogP contribution in [-0.2, 0) is 0 Å². The van der Waals surface area contributed by atoms with E-state index in [0.717, 1.165) is 44.2 Å². The molecule has 5 nitrogen and oxygen atoms in total. The molecule has 0 saturated carbocycles. The lowest BCUT2D eigenvalue weighted by atomic mass is 10.0. The first-order chi connectivity index (χ1) is 28.2. The van der Waals surface area contributed by atoms with E-state index < -0.39 is 0 Å². The second-order valence-corrected chi connectivity index (χ2v) is 15.4. The molecule has 0 aliphatic rings. The molecule has 6 heteroatoms. The normalized spacial score (nSPS) is 11.9. The summed E-state index contributed by atoms with van der Waals surface area (Å²) in [6, 6.07) is 63.7. The molecule has 0 aliphatic carbocycles. The van der Waals surface area contributed by atoms with Gasteiger partial charge in [-0.15, -0.1) is 11.3 Å². The van der Waals surface area contributed by atoms with Gasteiger partial charge in [0.2, 0.25) is 0 Å². The van der Waals surface area contributed by atoms with Gasteiger partial charge in [0, 0.05) is 53.7 Å². The third-order valence-corrected chi connectivity index (χ3v) is 12.3. The predicted molar refractivity (Wildman–Crippen MR) is 236 cm³/mol. The van der Waals surface area contributed by atoms with Crippen LogP contribution in [0.3, 0.4) is 0 Å². The largest absolute Gasteiger partial charge is 0.456 e. The quantitative estimate of drug-likeness (QED) is 0.176. The minimum absolute atomic E-state index is 0.618. The fourth-order valence-corrected chi connectivity index (χ4v) is 9.75. The smallest absolute Gasteiger partial charge is 0.164 e. The van der Waals surface area contributed by atoms with E-state index in [1.807, 2.05) is 84.1 Å². The highest BCUT2D eigenvalue weighted by Gasteiger charge is 2.19. The van der Waals surface area contributed by atoms with E-state index in [0.29, 0.717) is 17.5 Å². The lowest BCUT2D eigenvalue weighted by molar-refractivity contribution is 0.669. The summed E-state index contributed by atoms with van der Waals surface area (Å²) in [4.78, 5) is 14.8. The van der Waals surface area contributed by atoms with Crippen LogP contribution < -0.4 is 0 Å². The molecule has 0 N–H and O–H groups in total. The van der Waals surface area contributed by atoms with Crippen molar-refractivity contribution < 1.29 is 4.42 Å². The highest BCUT2D eigenvalue weighted by Crippen LogP contribution is 2.45. The molecule has 0 spiro atoms. The number of hydrogen-bond donors (Lipinski definition) is 0. The molecule has 0 saturated heterocycles. The molecule has 0 atom stereocenters. The fraction of sp³-hybridized carbons (Fsp3) is 0. The molecule has 8 aromatic carbocycles. The molecule has 0 fully saturated rings. The summed E-state index contributed by atoms with van der Waals surface area (Å²) < 4.78 is 11.5. The minimum atomic E-state index is 0.618. The topological polar surface area (TPSA) is 56.7 Å². The van der Waals surface area contributed by atoms with E-state index in [1.54, 1.807) is 0 Å². The maximum Gasteiger partial charge on any atom is 0.164 e. The Labute approximate surface area is 330 Å². The van der Waals surface area contributed by atoms with Gasteiger partial charge in [0.1, 0.15) is 11.2 Å². The Balaban J connectivity index is 0.985. The number of para-hydroxylation sites is 2. The number of fused-ring (bicyclic) bond motifs is 9. The predicted octanol–water partition coefficient (Wildman–Crippen LogP) is 13.9. The van der Waals surface area contributed by atoms with Gasteiger partial charge in [-0.05, 0) is 59.7 Å². The van der Waals surface area contributed by atoms with Crippen molar-refractivity contribution in [2.75, 3.05) is 0 Å². The summed E-state index contributed by atoms with van der Waals surface area (Å²) in [7, 11) is 0. The number of benzene rings is 8. The standard InChI is InChI=1S/C51H30N4OS/c1-3-13-31(14-4-1)49-52-50(32-15-5-2-6-16-32)54-51(53-49)34-26-28-45-41(29-34)38-27-25-33(30-46(38)56-45)35-19-11-20-39-40-21-12-24-44(48(40)57-47(35)39)55-42-22-9-7-17-36(42)37-18-8-10-23-43(37)55/h1-30H. The van der Waals surface area contributed by atoms with Crippen molar-refractivity contribution in [3.8, 4) is 51.0 Å².